The predicted octanol–water partition coefficient (Wildman–Crippen LogP) is 3.75. The highest BCUT2D eigenvalue weighted by atomic mass is 31.2. The average molecular weight is 581 g/mol. The van der Waals surface area contributed by atoms with Gasteiger partial charge in [0.15, 0.2) is 29.5 Å². The monoisotopic (exact) mass is 580 g/mol. The maximum atomic E-state index is 12.9. The van der Waals surface area contributed by atoms with Gasteiger partial charge in [-0.1, -0.05) is 60.7 Å². The second-order valence-electron chi connectivity index (χ2n) is 9.62. The summed E-state index contributed by atoms with van der Waals surface area (Å²) in [5.41, 5.74) is 2.27. The van der Waals surface area contributed by atoms with E-state index in [1.54, 1.807) is 28.8 Å². The molecular formula is C27H29N6O7P. The number of amides is 2. The van der Waals surface area contributed by atoms with Gasteiger partial charge in [-0.05, 0) is 12.5 Å². The van der Waals surface area contributed by atoms with E-state index in [4.69, 9.17) is 18.7 Å². The summed E-state index contributed by atoms with van der Waals surface area (Å²) in [6.07, 6.45) is -0.689. The molecular weight excluding hydrogens is 551 g/mol. The summed E-state index contributed by atoms with van der Waals surface area (Å²) in [5.74, 6) is 0.238. The molecule has 0 bridgehead atoms. The molecule has 41 heavy (non-hydrogen) atoms. The standard InChI is InChI=1S/C27H29N6O7P/c1-2-28-27(34)32-23-20-24(30-15-29-23)33(16-31-20)25-22-21(39-26(40-22)18-11-7-4-8-12-18)19(38-25)13-37-41(35,36)14-17-9-5-3-6-10-17/h3-12,15-16,19,21-22,25-26H,2,13-14H2,1H3,(H,35,36)(H2,28,29,30,32,34)/t19-,21?,22?,25-,26-/m1/s1. The first kappa shape index (κ1) is 27.5. The summed E-state index contributed by atoms with van der Waals surface area (Å²) < 4.78 is 39.1. The largest absolute Gasteiger partial charge is 0.347 e. The Morgan fingerprint density at radius 1 is 1.02 bits per heavy atom. The number of anilines is 1. The van der Waals surface area contributed by atoms with E-state index in [0.29, 0.717) is 23.3 Å². The van der Waals surface area contributed by atoms with Crippen LogP contribution in [0.3, 0.4) is 0 Å². The number of benzene rings is 2. The van der Waals surface area contributed by atoms with Crippen molar-refractivity contribution in [3.8, 4) is 0 Å². The van der Waals surface area contributed by atoms with Crippen LogP contribution in [-0.4, -0.2) is 61.9 Å². The number of fused-ring (bicyclic) bond motifs is 2. The zero-order chi connectivity index (χ0) is 28.4. The molecule has 0 aliphatic carbocycles. The molecule has 6 atom stereocenters. The molecule has 14 heteroatoms. The SMILES string of the molecule is CCNC(=O)Nc1ncnc2c1ncn2[C@@H]1O[C@H](COP(=O)(O)Cc2ccccc2)C2O[C@@H](c3ccccc3)OC21. The summed E-state index contributed by atoms with van der Waals surface area (Å²) in [7, 11) is -3.98. The lowest BCUT2D eigenvalue weighted by Gasteiger charge is -2.22. The predicted molar refractivity (Wildman–Crippen MR) is 147 cm³/mol. The molecule has 3 unspecified atom stereocenters. The van der Waals surface area contributed by atoms with Crippen LogP contribution in [0.15, 0.2) is 73.3 Å². The van der Waals surface area contributed by atoms with Crippen molar-refractivity contribution in [1.82, 2.24) is 24.8 Å². The Kier molecular flexibility index (Phi) is 7.80. The lowest BCUT2D eigenvalue weighted by molar-refractivity contribution is -0.152. The number of ether oxygens (including phenoxy) is 3. The number of aromatic nitrogens is 4. The normalized spacial score (nSPS) is 25.1. The van der Waals surface area contributed by atoms with Crippen molar-refractivity contribution in [2.24, 2.45) is 0 Å². The van der Waals surface area contributed by atoms with Gasteiger partial charge in [0.2, 0.25) is 0 Å². The second-order valence-corrected chi connectivity index (χ2v) is 11.5. The maximum Gasteiger partial charge on any atom is 0.332 e. The molecule has 2 aliphatic rings. The van der Waals surface area contributed by atoms with Gasteiger partial charge in [0.05, 0.1) is 19.1 Å². The summed E-state index contributed by atoms with van der Waals surface area (Å²) in [4.78, 5) is 35.6. The smallest absolute Gasteiger partial charge is 0.332 e. The molecule has 2 aromatic heterocycles. The molecule has 2 amide bonds. The number of hydrogen-bond donors (Lipinski definition) is 3. The Morgan fingerprint density at radius 2 is 1.76 bits per heavy atom. The summed E-state index contributed by atoms with van der Waals surface area (Å²) in [5, 5.41) is 5.33. The van der Waals surface area contributed by atoms with Crippen molar-refractivity contribution in [2.45, 2.75) is 43.9 Å². The first-order chi connectivity index (χ1) is 19.9. The summed E-state index contributed by atoms with van der Waals surface area (Å²) in [6.45, 7) is 2.05. The Hall–Kier alpha value is -3.71. The molecule has 4 heterocycles. The number of nitrogens with zero attached hydrogens (tertiary/aromatic N) is 4. The molecule has 0 radical (unpaired) electrons. The highest BCUT2D eigenvalue weighted by molar-refractivity contribution is 7.51. The van der Waals surface area contributed by atoms with Crippen molar-refractivity contribution in [3.63, 3.8) is 0 Å². The number of carbonyl (C=O) groups excluding carboxylic acids is 1. The van der Waals surface area contributed by atoms with Crippen LogP contribution in [0.2, 0.25) is 0 Å². The lowest BCUT2D eigenvalue weighted by atomic mass is 10.1. The number of urea groups is 1. The number of carbonyl (C=O) groups is 1. The van der Waals surface area contributed by atoms with E-state index in [2.05, 4.69) is 25.6 Å². The van der Waals surface area contributed by atoms with E-state index < -0.39 is 44.5 Å². The van der Waals surface area contributed by atoms with Gasteiger partial charge in [-0.15, -0.1) is 0 Å². The fourth-order valence-corrected chi connectivity index (χ4v) is 6.10. The quantitative estimate of drug-likeness (QED) is 0.249. The Bertz CT molecular complexity index is 1560. The van der Waals surface area contributed by atoms with E-state index >= 15 is 0 Å². The second kappa shape index (κ2) is 11.6. The molecule has 2 fully saturated rings. The molecule has 2 aromatic carbocycles. The Balaban J connectivity index is 1.26. The minimum Gasteiger partial charge on any atom is -0.347 e. The highest BCUT2D eigenvalue weighted by Crippen LogP contribution is 2.49. The van der Waals surface area contributed by atoms with Gasteiger partial charge in [0.1, 0.15) is 24.6 Å². The molecule has 0 saturated carbocycles. The van der Waals surface area contributed by atoms with E-state index in [1.807, 2.05) is 43.3 Å². The average Bonchev–Trinajstić information content (AvgIpc) is 3.67. The molecule has 6 rings (SSSR count). The van der Waals surface area contributed by atoms with Crippen LogP contribution < -0.4 is 10.6 Å². The molecule has 2 saturated heterocycles. The molecule has 2 aliphatic heterocycles. The third-order valence-corrected chi connectivity index (χ3v) is 8.10. The van der Waals surface area contributed by atoms with Gasteiger partial charge in [0, 0.05) is 12.1 Å². The van der Waals surface area contributed by atoms with Crippen LogP contribution in [0.5, 0.6) is 0 Å². The number of rotatable bonds is 9. The van der Waals surface area contributed by atoms with Gasteiger partial charge in [-0.3, -0.25) is 14.4 Å². The molecule has 13 nitrogen and oxygen atoms in total. The van der Waals surface area contributed by atoms with Gasteiger partial charge in [-0.2, -0.15) is 0 Å². The van der Waals surface area contributed by atoms with E-state index in [9.17, 15) is 14.3 Å². The van der Waals surface area contributed by atoms with Crippen molar-refractivity contribution in [2.75, 3.05) is 18.5 Å². The molecule has 4 aromatic rings. The van der Waals surface area contributed by atoms with Crippen LogP contribution in [0.25, 0.3) is 11.2 Å². The fraction of sp³-hybridized carbons (Fsp3) is 0.333. The molecule has 0 spiro atoms. The minimum absolute atomic E-state index is 0.132. The maximum absolute atomic E-state index is 12.9. The number of imidazole rings is 1. The molecule has 214 valence electrons. The summed E-state index contributed by atoms with van der Waals surface area (Å²) in [6, 6.07) is 18.0. The van der Waals surface area contributed by atoms with Gasteiger partial charge >= 0.3 is 13.6 Å². The Labute approximate surface area is 235 Å². The lowest BCUT2D eigenvalue weighted by Crippen LogP contribution is -2.31. The summed E-state index contributed by atoms with van der Waals surface area (Å²) >= 11 is 0. The number of nitrogens with one attached hydrogen (secondary N) is 2. The van der Waals surface area contributed by atoms with Crippen LogP contribution in [0.4, 0.5) is 10.6 Å². The van der Waals surface area contributed by atoms with Crippen LogP contribution in [0, 0.1) is 0 Å². The topological polar surface area (TPSA) is 159 Å². The fourth-order valence-electron chi connectivity index (χ4n) is 4.95. The van der Waals surface area contributed by atoms with Crippen LogP contribution in [-0.2, 0) is 29.5 Å². The van der Waals surface area contributed by atoms with Gasteiger partial charge < -0.3 is 28.9 Å². The zero-order valence-electron chi connectivity index (χ0n) is 22.1. The minimum atomic E-state index is -3.98. The van der Waals surface area contributed by atoms with Crippen LogP contribution in [0.1, 0.15) is 30.6 Å². The first-order valence-corrected chi connectivity index (χ1v) is 14.9. The highest BCUT2D eigenvalue weighted by Gasteiger charge is 2.54. The molecule has 3 N–H and O–H groups in total. The van der Waals surface area contributed by atoms with Crippen molar-refractivity contribution >= 4 is 30.6 Å². The first-order valence-electron chi connectivity index (χ1n) is 13.2. The van der Waals surface area contributed by atoms with Crippen molar-refractivity contribution in [3.05, 3.63) is 84.4 Å². The zero-order valence-corrected chi connectivity index (χ0v) is 23.0. The van der Waals surface area contributed by atoms with Gasteiger partial charge in [0.25, 0.3) is 0 Å². The number of hydrogen-bond acceptors (Lipinski definition) is 9. The third-order valence-electron chi connectivity index (χ3n) is 6.79. The van der Waals surface area contributed by atoms with E-state index in [0.717, 1.165) is 5.56 Å². The Morgan fingerprint density at radius 3 is 2.51 bits per heavy atom. The van der Waals surface area contributed by atoms with Gasteiger partial charge in [-0.25, -0.2) is 19.7 Å². The van der Waals surface area contributed by atoms with E-state index in [-0.39, 0.29) is 18.6 Å². The van der Waals surface area contributed by atoms with E-state index in [1.165, 1.54) is 12.7 Å². The van der Waals surface area contributed by atoms with Crippen LogP contribution >= 0.6 is 7.60 Å². The van der Waals surface area contributed by atoms with Crippen molar-refractivity contribution < 1.29 is 33.0 Å². The third kappa shape index (κ3) is 5.87. The van der Waals surface area contributed by atoms with Crippen molar-refractivity contribution in [1.29, 1.82) is 0 Å².